The topological polar surface area (TPSA) is 70.6 Å². The molecular formula is C18H25N3O3. The van der Waals surface area contributed by atoms with Gasteiger partial charge in [0.25, 0.3) is 0 Å². The van der Waals surface area contributed by atoms with Crippen molar-refractivity contribution < 1.29 is 14.6 Å². The number of hydrogen-bond acceptors (Lipinski definition) is 5. The summed E-state index contributed by atoms with van der Waals surface area (Å²) in [4.78, 5) is 2.18. The van der Waals surface area contributed by atoms with E-state index in [1.165, 1.54) is 0 Å². The number of nitrogens with one attached hydrogen (secondary N) is 1. The van der Waals surface area contributed by atoms with E-state index in [2.05, 4.69) is 15.1 Å². The van der Waals surface area contributed by atoms with Gasteiger partial charge in [0.05, 0.1) is 19.4 Å². The fraction of sp³-hybridized carbons (Fsp3) is 0.500. The Labute approximate surface area is 142 Å². The minimum atomic E-state index is -1.03. The van der Waals surface area contributed by atoms with Crippen LogP contribution in [-0.4, -0.2) is 58.7 Å². The van der Waals surface area contributed by atoms with Crippen LogP contribution in [-0.2, 0) is 11.3 Å². The Balaban J connectivity index is 1.63. The molecule has 1 atom stereocenters. The number of benzene rings is 1. The SMILES string of the molecule is Cc1cccc(OC[C@@]2(O)COCCN(Cc3cn[nH]c3C)C2)c1. The highest BCUT2D eigenvalue weighted by atomic mass is 16.5. The van der Waals surface area contributed by atoms with Crippen LogP contribution in [0, 0.1) is 13.8 Å². The van der Waals surface area contributed by atoms with Gasteiger partial charge < -0.3 is 14.6 Å². The van der Waals surface area contributed by atoms with Crippen LogP contribution in [0.1, 0.15) is 16.8 Å². The molecule has 1 fully saturated rings. The molecule has 0 radical (unpaired) electrons. The van der Waals surface area contributed by atoms with Crippen LogP contribution in [0.2, 0.25) is 0 Å². The van der Waals surface area contributed by atoms with Crippen LogP contribution in [0.3, 0.4) is 0 Å². The molecule has 2 N–H and O–H groups in total. The number of H-pyrrole nitrogens is 1. The summed E-state index contributed by atoms with van der Waals surface area (Å²) in [5.41, 5.74) is 2.30. The summed E-state index contributed by atoms with van der Waals surface area (Å²) < 4.78 is 11.4. The van der Waals surface area contributed by atoms with Crippen LogP contribution in [0.15, 0.2) is 30.5 Å². The van der Waals surface area contributed by atoms with E-state index in [-0.39, 0.29) is 13.2 Å². The van der Waals surface area contributed by atoms with Gasteiger partial charge >= 0.3 is 0 Å². The molecule has 2 heterocycles. The van der Waals surface area contributed by atoms with Gasteiger partial charge in [0.1, 0.15) is 18.0 Å². The Morgan fingerprint density at radius 2 is 2.29 bits per heavy atom. The molecule has 0 bridgehead atoms. The number of aryl methyl sites for hydroxylation is 2. The molecule has 0 aliphatic carbocycles. The molecule has 1 aromatic heterocycles. The van der Waals surface area contributed by atoms with Crippen molar-refractivity contribution in [2.24, 2.45) is 0 Å². The highest BCUT2D eigenvalue weighted by Crippen LogP contribution is 2.19. The van der Waals surface area contributed by atoms with E-state index in [4.69, 9.17) is 9.47 Å². The van der Waals surface area contributed by atoms with Crippen molar-refractivity contribution in [3.05, 3.63) is 47.3 Å². The molecule has 130 valence electrons. The number of hydrogen-bond donors (Lipinski definition) is 2. The minimum Gasteiger partial charge on any atom is -0.490 e. The first-order valence-corrected chi connectivity index (χ1v) is 8.25. The number of rotatable bonds is 5. The van der Waals surface area contributed by atoms with E-state index in [9.17, 15) is 5.11 Å². The predicted molar refractivity (Wildman–Crippen MR) is 91.0 cm³/mol. The maximum absolute atomic E-state index is 10.9. The monoisotopic (exact) mass is 331 g/mol. The van der Waals surface area contributed by atoms with Crippen molar-refractivity contribution in [2.45, 2.75) is 26.0 Å². The molecule has 0 unspecified atom stereocenters. The van der Waals surface area contributed by atoms with Crippen LogP contribution in [0.4, 0.5) is 0 Å². The van der Waals surface area contributed by atoms with Crippen LogP contribution in [0.5, 0.6) is 5.75 Å². The molecule has 6 nitrogen and oxygen atoms in total. The van der Waals surface area contributed by atoms with Crippen molar-refractivity contribution in [3.8, 4) is 5.75 Å². The van der Waals surface area contributed by atoms with Gasteiger partial charge in [-0.15, -0.1) is 0 Å². The zero-order chi connectivity index (χ0) is 17.0. The van der Waals surface area contributed by atoms with E-state index in [0.717, 1.165) is 35.7 Å². The zero-order valence-corrected chi connectivity index (χ0v) is 14.3. The van der Waals surface area contributed by atoms with Crippen LogP contribution < -0.4 is 4.74 Å². The molecule has 0 amide bonds. The standard InChI is InChI=1S/C18H25N3O3/c1-14-4-3-5-17(8-14)24-13-18(22)11-21(6-7-23-12-18)10-16-9-19-20-15(16)2/h3-5,8-9,22H,6-7,10-13H2,1-2H3,(H,19,20)/t18-/m0/s1. The lowest BCUT2D eigenvalue weighted by Gasteiger charge is -2.30. The van der Waals surface area contributed by atoms with E-state index >= 15 is 0 Å². The molecule has 6 heteroatoms. The first kappa shape index (κ1) is 17.0. The summed E-state index contributed by atoms with van der Waals surface area (Å²) in [7, 11) is 0. The predicted octanol–water partition coefficient (Wildman–Crippen LogP) is 1.67. The number of ether oxygens (including phenoxy) is 2. The molecule has 1 aliphatic heterocycles. The average molecular weight is 331 g/mol. The van der Waals surface area contributed by atoms with Gasteiger partial charge in [-0.05, 0) is 31.5 Å². The van der Waals surface area contributed by atoms with Gasteiger partial charge in [0.2, 0.25) is 0 Å². The van der Waals surface area contributed by atoms with E-state index in [0.29, 0.717) is 13.2 Å². The van der Waals surface area contributed by atoms with Gasteiger partial charge in [0.15, 0.2) is 0 Å². The van der Waals surface area contributed by atoms with E-state index < -0.39 is 5.60 Å². The molecule has 3 rings (SSSR count). The normalized spacial score (nSPS) is 22.3. The summed E-state index contributed by atoms with van der Waals surface area (Å²) in [5.74, 6) is 0.768. The number of aromatic nitrogens is 2. The zero-order valence-electron chi connectivity index (χ0n) is 14.3. The number of aliphatic hydroxyl groups is 1. The number of β-amino-alcohol motifs (C(OH)–C–C–N with tert-alkyl or cyclic N) is 1. The molecule has 1 aromatic carbocycles. The smallest absolute Gasteiger partial charge is 0.134 e. The van der Waals surface area contributed by atoms with Gasteiger partial charge in [0, 0.05) is 30.9 Å². The first-order valence-electron chi connectivity index (χ1n) is 8.25. The lowest BCUT2D eigenvalue weighted by Crippen LogP contribution is -2.48. The third kappa shape index (κ3) is 4.35. The fourth-order valence-electron chi connectivity index (χ4n) is 2.92. The number of nitrogens with zero attached hydrogens (tertiary/aromatic N) is 2. The summed E-state index contributed by atoms with van der Waals surface area (Å²) in [6.45, 7) is 7.12. The molecule has 2 aromatic rings. The third-order valence-corrected chi connectivity index (χ3v) is 4.27. The molecule has 1 aliphatic rings. The van der Waals surface area contributed by atoms with Crippen molar-refractivity contribution in [3.63, 3.8) is 0 Å². The summed E-state index contributed by atoms with van der Waals surface area (Å²) >= 11 is 0. The molecule has 24 heavy (non-hydrogen) atoms. The summed E-state index contributed by atoms with van der Waals surface area (Å²) in [6, 6.07) is 7.84. The largest absolute Gasteiger partial charge is 0.490 e. The van der Waals surface area contributed by atoms with Crippen molar-refractivity contribution in [1.82, 2.24) is 15.1 Å². The van der Waals surface area contributed by atoms with E-state index in [1.807, 2.05) is 44.3 Å². The second kappa shape index (κ2) is 7.34. The van der Waals surface area contributed by atoms with Crippen molar-refractivity contribution >= 4 is 0 Å². The minimum absolute atomic E-state index is 0.206. The Morgan fingerprint density at radius 1 is 1.42 bits per heavy atom. The maximum Gasteiger partial charge on any atom is 0.134 e. The summed E-state index contributed by atoms with van der Waals surface area (Å²) in [6.07, 6.45) is 1.84. The molecular weight excluding hydrogens is 306 g/mol. The van der Waals surface area contributed by atoms with Crippen LogP contribution >= 0.6 is 0 Å². The highest BCUT2D eigenvalue weighted by Gasteiger charge is 2.33. The lowest BCUT2D eigenvalue weighted by atomic mass is 10.1. The van der Waals surface area contributed by atoms with Gasteiger partial charge in [-0.1, -0.05) is 12.1 Å². The summed E-state index contributed by atoms with van der Waals surface area (Å²) in [5, 5.41) is 17.9. The number of aromatic amines is 1. The second-order valence-corrected chi connectivity index (χ2v) is 6.61. The Morgan fingerprint density at radius 3 is 3.04 bits per heavy atom. The highest BCUT2D eigenvalue weighted by molar-refractivity contribution is 5.27. The van der Waals surface area contributed by atoms with E-state index in [1.54, 1.807) is 0 Å². The maximum atomic E-state index is 10.9. The van der Waals surface area contributed by atoms with Gasteiger partial charge in [-0.3, -0.25) is 10.00 Å². The first-order chi connectivity index (χ1) is 11.5. The van der Waals surface area contributed by atoms with Gasteiger partial charge in [-0.25, -0.2) is 0 Å². The Hall–Kier alpha value is -1.89. The Bertz CT molecular complexity index is 673. The second-order valence-electron chi connectivity index (χ2n) is 6.61. The fourth-order valence-corrected chi connectivity index (χ4v) is 2.92. The molecule has 1 saturated heterocycles. The quantitative estimate of drug-likeness (QED) is 0.872. The Kier molecular flexibility index (Phi) is 5.18. The average Bonchev–Trinajstić information content (AvgIpc) is 2.85. The lowest BCUT2D eigenvalue weighted by molar-refractivity contribution is -0.0646. The van der Waals surface area contributed by atoms with Crippen LogP contribution in [0.25, 0.3) is 0 Å². The van der Waals surface area contributed by atoms with Crippen molar-refractivity contribution in [1.29, 1.82) is 0 Å². The molecule has 0 spiro atoms. The van der Waals surface area contributed by atoms with Gasteiger partial charge in [-0.2, -0.15) is 5.10 Å². The third-order valence-electron chi connectivity index (χ3n) is 4.27. The molecule has 0 saturated carbocycles. The van der Waals surface area contributed by atoms with Crippen molar-refractivity contribution in [2.75, 3.05) is 32.9 Å².